The highest BCUT2D eigenvalue weighted by Crippen LogP contribution is 2.41. The van der Waals surface area contributed by atoms with Gasteiger partial charge in [-0.05, 0) is 28.6 Å². The van der Waals surface area contributed by atoms with Crippen molar-refractivity contribution in [3.63, 3.8) is 0 Å². The highest BCUT2D eigenvalue weighted by molar-refractivity contribution is 7.90. The Kier molecular flexibility index (Phi) is 7.63. The molecule has 0 saturated carbocycles. The molecule has 1 saturated heterocycles. The second-order valence-electron chi connectivity index (χ2n) is 10.6. The summed E-state index contributed by atoms with van der Waals surface area (Å²) in [5, 5.41) is 0.245. The van der Waals surface area contributed by atoms with Crippen LogP contribution in [-0.4, -0.2) is 56.4 Å². The number of amides is 1. The Balaban J connectivity index is 2.32. The van der Waals surface area contributed by atoms with Gasteiger partial charge < -0.3 is 4.74 Å². The lowest BCUT2D eigenvalue weighted by Crippen LogP contribution is -2.43. The fraction of sp³-hybridized carbons (Fsp3) is 0.600. The average Bonchev–Trinajstić information content (AvgIpc) is 3.13. The molecule has 0 spiro atoms. The van der Waals surface area contributed by atoms with Gasteiger partial charge in [-0.2, -0.15) is 4.98 Å². The molecule has 2 aromatic heterocycles. The second kappa shape index (κ2) is 9.86. The van der Waals surface area contributed by atoms with Crippen LogP contribution < -0.4 is 4.90 Å². The van der Waals surface area contributed by atoms with E-state index in [-0.39, 0.29) is 29.4 Å². The Hall–Kier alpha value is -2.51. The van der Waals surface area contributed by atoms with Crippen molar-refractivity contribution in [3.05, 3.63) is 17.8 Å². The minimum Gasteiger partial charge on any atom is -0.447 e. The summed E-state index contributed by atoms with van der Waals surface area (Å²) < 4.78 is 29.6. The van der Waals surface area contributed by atoms with Crippen LogP contribution in [0.25, 0.3) is 11.0 Å². The zero-order valence-corrected chi connectivity index (χ0v) is 23.9. The third-order valence-electron chi connectivity index (χ3n) is 7.06. The molecular weight excluding hydrogens is 480 g/mol. The molecule has 0 aliphatic carbocycles. The number of aromatic nitrogens is 3. The number of fused-ring (bicyclic) bond motifs is 1. The van der Waals surface area contributed by atoms with Gasteiger partial charge in [-0.25, -0.2) is 23.2 Å². The summed E-state index contributed by atoms with van der Waals surface area (Å²) in [6, 6.07) is 1.58. The maximum Gasteiger partial charge on any atom is 0.415 e. The number of hydrogen-bond acceptors (Lipinski definition) is 7. The molecule has 0 aromatic carbocycles. The number of pyridine rings is 1. The summed E-state index contributed by atoms with van der Waals surface area (Å²) >= 11 is 0. The van der Waals surface area contributed by atoms with Crippen molar-refractivity contribution in [2.45, 2.75) is 83.2 Å². The van der Waals surface area contributed by atoms with E-state index in [9.17, 15) is 13.2 Å². The third-order valence-corrected chi connectivity index (χ3v) is 14.2. The van der Waals surface area contributed by atoms with Gasteiger partial charge >= 0.3 is 6.09 Å². The Morgan fingerprint density at radius 1 is 1.06 bits per heavy atom. The van der Waals surface area contributed by atoms with Crippen molar-refractivity contribution >= 4 is 40.9 Å². The van der Waals surface area contributed by atoms with Gasteiger partial charge in [0.1, 0.15) is 20.5 Å². The average molecular weight is 517 g/mol. The first-order valence-electron chi connectivity index (χ1n) is 12.1. The Morgan fingerprint density at radius 3 is 2.17 bits per heavy atom. The molecule has 1 aliphatic rings. The van der Waals surface area contributed by atoms with E-state index in [1.807, 2.05) is 13.8 Å². The normalized spacial score (nSPS) is 17.0. The number of rotatable bonds is 6. The number of ether oxygens (including phenoxy) is 1. The summed E-state index contributed by atoms with van der Waals surface area (Å²) in [7, 11) is -5.70. The number of carbonyl (C=O) groups is 1. The predicted octanol–water partition coefficient (Wildman–Crippen LogP) is 4.98. The maximum absolute atomic E-state index is 12.7. The third kappa shape index (κ3) is 5.07. The Labute approximate surface area is 209 Å². The topological polar surface area (TPSA) is 102 Å². The largest absolute Gasteiger partial charge is 0.447 e. The first-order chi connectivity index (χ1) is 16.2. The molecule has 3 rings (SSSR count). The number of nitrogens with zero attached hydrogens (tertiary/aromatic N) is 4. The SMILES string of the molecule is CC(C)[C@@H]1COC(=O)N1c1cc(C#C[Si](C(C)C)(C(C)C)C(C)C)c2cnc(S(C)(=O)=O)nc2n1. The molecule has 0 bridgehead atoms. The standard InChI is InChI=1S/C25H36N4O4SSi/c1-15(2)21-14-33-25(30)29(21)22-12-19(10-11-35(16(3)4,17(5)6)18(7)8)20-13-26-24(34(9,31)32)28-23(20)27-22/h12-13,15-18,21H,14H2,1-9H3/t21-/m0/s1. The molecular formula is C25H36N4O4SSi. The minimum absolute atomic E-state index is 0.133. The zero-order chi connectivity index (χ0) is 26.3. The Morgan fingerprint density at radius 2 is 1.66 bits per heavy atom. The zero-order valence-electron chi connectivity index (χ0n) is 22.1. The molecule has 0 radical (unpaired) electrons. The van der Waals surface area contributed by atoms with Gasteiger partial charge in [-0.3, -0.25) is 4.90 Å². The molecule has 1 amide bonds. The molecule has 1 atom stereocenters. The first-order valence-corrected chi connectivity index (χ1v) is 16.2. The van der Waals surface area contributed by atoms with Crippen LogP contribution in [-0.2, 0) is 14.6 Å². The lowest BCUT2D eigenvalue weighted by atomic mass is 10.0. The van der Waals surface area contributed by atoms with Gasteiger partial charge in [0.05, 0.1) is 11.4 Å². The molecule has 190 valence electrons. The fourth-order valence-electron chi connectivity index (χ4n) is 5.18. The van der Waals surface area contributed by atoms with Crippen LogP contribution in [0.15, 0.2) is 17.4 Å². The van der Waals surface area contributed by atoms with Crippen LogP contribution in [0.5, 0.6) is 0 Å². The van der Waals surface area contributed by atoms with E-state index in [1.54, 1.807) is 6.07 Å². The molecule has 1 aliphatic heterocycles. The lowest BCUT2D eigenvalue weighted by Gasteiger charge is -2.38. The molecule has 35 heavy (non-hydrogen) atoms. The van der Waals surface area contributed by atoms with Gasteiger partial charge in [-0.1, -0.05) is 61.3 Å². The Bertz CT molecular complexity index is 1270. The van der Waals surface area contributed by atoms with E-state index in [1.165, 1.54) is 11.1 Å². The summed E-state index contributed by atoms with van der Waals surface area (Å²) in [4.78, 5) is 27.1. The molecule has 0 N–H and O–H groups in total. The van der Waals surface area contributed by atoms with Gasteiger partial charge in [0.2, 0.25) is 15.0 Å². The second-order valence-corrected chi connectivity index (χ2v) is 18.1. The van der Waals surface area contributed by atoms with E-state index in [2.05, 4.69) is 68.0 Å². The number of cyclic esters (lactones) is 1. The van der Waals surface area contributed by atoms with Gasteiger partial charge in [0, 0.05) is 18.0 Å². The summed E-state index contributed by atoms with van der Waals surface area (Å²) in [6.45, 7) is 17.7. The van der Waals surface area contributed by atoms with Crippen LogP contribution in [0.4, 0.5) is 10.6 Å². The van der Waals surface area contributed by atoms with E-state index in [0.29, 0.717) is 33.4 Å². The van der Waals surface area contributed by atoms with Crippen LogP contribution in [0, 0.1) is 17.4 Å². The number of anilines is 1. The number of carbonyl (C=O) groups excluding carboxylic acids is 1. The first kappa shape index (κ1) is 27.1. The van der Waals surface area contributed by atoms with E-state index >= 15 is 0 Å². The minimum atomic E-state index is -3.64. The molecule has 3 heterocycles. The van der Waals surface area contributed by atoms with E-state index < -0.39 is 24.0 Å². The molecule has 8 nitrogen and oxygen atoms in total. The van der Waals surface area contributed by atoms with Crippen LogP contribution >= 0.6 is 0 Å². The summed E-state index contributed by atoms with van der Waals surface area (Å²) in [6.07, 6.45) is 2.03. The van der Waals surface area contributed by atoms with E-state index in [4.69, 9.17) is 4.74 Å². The quantitative estimate of drug-likeness (QED) is 0.303. The van der Waals surface area contributed by atoms with Gasteiger partial charge in [0.15, 0.2) is 5.65 Å². The van der Waals surface area contributed by atoms with Crippen molar-refractivity contribution in [3.8, 4) is 11.5 Å². The van der Waals surface area contributed by atoms with Crippen molar-refractivity contribution in [2.75, 3.05) is 17.8 Å². The smallest absolute Gasteiger partial charge is 0.415 e. The van der Waals surface area contributed by atoms with Crippen molar-refractivity contribution in [1.82, 2.24) is 15.0 Å². The molecule has 10 heteroatoms. The predicted molar refractivity (Wildman–Crippen MR) is 141 cm³/mol. The van der Waals surface area contributed by atoms with Crippen molar-refractivity contribution < 1.29 is 17.9 Å². The number of hydrogen-bond donors (Lipinski definition) is 0. The van der Waals surface area contributed by atoms with Gasteiger partial charge in [0.25, 0.3) is 0 Å². The molecule has 1 fully saturated rings. The van der Waals surface area contributed by atoms with Crippen molar-refractivity contribution in [2.24, 2.45) is 5.92 Å². The fourth-order valence-corrected chi connectivity index (χ4v) is 10.9. The summed E-state index contributed by atoms with van der Waals surface area (Å²) in [5.74, 6) is 3.90. The van der Waals surface area contributed by atoms with E-state index in [0.717, 1.165) is 6.26 Å². The lowest BCUT2D eigenvalue weighted by molar-refractivity contribution is 0.177. The van der Waals surface area contributed by atoms with Crippen molar-refractivity contribution in [1.29, 1.82) is 0 Å². The van der Waals surface area contributed by atoms with Crippen LogP contribution in [0.1, 0.15) is 61.0 Å². The highest BCUT2D eigenvalue weighted by atomic mass is 32.2. The van der Waals surface area contributed by atoms with Crippen LogP contribution in [0.2, 0.25) is 16.6 Å². The van der Waals surface area contributed by atoms with Crippen LogP contribution in [0.3, 0.4) is 0 Å². The number of sulfone groups is 1. The maximum atomic E-state index is 12.7. The molecule has 0 unspecified atom stereocenters. The molecule has 2 aromatic rings. The van der Waals surface area contributed by atoms with Gasteiger partial charge in [-0.15, -0.1) is 5.54 Å². The monoisotopic (exact) mass is 516 g/mol. The highest BCUT2D eigenvalue weighted by Gasteiger charge is 2.42. The summed E-state index contributed by atoms with van der Waals surface area (Å²) in [5.41, 5.74) is 5.84.